The molecule has 11 heteroatoms. The quantitative estimate of drug-likeness (QED) is 0.352. The van der Waals surface area contributed by atoms with E-state index in [0.717, 1.165) is 11.3 Å². The molecule has 3 aromatic rings. The second kappa shape index (κ2) is 4.73. The third-order valence-corrected chi connectivity index (χ3v) is 3.87. The van der Waals surface area contributed by atoms with Gasteiger partial charge < -0.3 is 15.7 Å². The van der Waals surface area contributed by atoms with Crippen LogP contribution in [0.15, 0.2) is 15.7 Å². The summed E-state index contributed by atoms with van der Waals surface area (Å²) in [4.78, 5) is 38.3. The highest BCUT2D eigenvalue weighted by molar-refractivity contribution is 7.18. The molecule has 0 radical (unpaired) electrons. The summed E-state index contributed by atoms with van der Waals surface area (Å²) in [5, 5.41) is 19.2. The first-order valence-corrected chi connectivity index (χ1v) is 6.73. The molecule has 0 saturated heterocycles. The average molecular weight is 320 g/mol. The molecule has 0 aliphatic carbocycles. The minimum absolute atomic E-state index is 0.130. The summed E-state index contributed by atoms with van der Waals surface area (Å²) in [6.45, 7) is 1.52. The summed E-state index contributed by atoms with van der Waals surface area (Å²) in [5.74, 6) is 0. The second-order valence-electron chi connectivity index (χ2n) is 4.43. The van der Waals surface area contributed by atoms with Gasteiger partial charge >= 0.3 is 11.1 Å². The molecular weight excluding hydrogens is 312 g/mol. The first-order valence-electron chi connectivity index (χ1n) is 5.92. The van der Waals surface area contributed by atoms with Crippen molar-refractivity contribution in [3.05, 3.63) is 42.5 Å². The van der Waals surface area contributed by atoms with Crippen LogP contribution in [0.4, 0.5) is 10.8 Å². The van der Waals surface area contributed by atoms with Gasteiger partial charge in [-0.3, -0.25) is 19.7 Å². The highest BCUT2D eigenvalue weighted by Gasteiger charge is 2.22. The first kappa shape index (κ1) is 13.9. The Morgan fingerprint density at radius 1 is 1.27 bits per heavy atom. The first-order chi connectivity index (χ1) is 10.4. The number of aromatic amines is 2. The van der Waals surface area contributed by atoms with Gasteiger partial charge in [0, 0.05) is 17.2 Å². The highest BCUT2D eigenvalue weighted by atomic mass is 32.1. The van der Waals surface area contributed by atoms with E-state index in [1.54, 1.807) is 0 Å². The molecule has 0 aliphatic heterocycles. The van der Waals surface area contributed by atoms with Gasteiger partial charge in [-0.2, -0.15) is 0 Å². The number of nitrogen functional groups attached to an aromatic ring is 1. The molecule has 0 unspecified atom stereocenters. The number of H-pyrrole nitrogens is 2. The molecule has 22 heavy (non-hydrogen) atoms. The number of nitrogens with zero attached hydrogens (tertiary/aromatic N) is 3. The SMILES string of the molecule is Cc1c([N+](=O)[O-])cc2[nH]c(=O)c(=O)[nH]c2c1-c1nnc(N)s1. The third kappa shape index (κ3) is 2.03. The zero-order valence-corrected chi connectivity index (χ0v) is 11.9. The van der Waals surface area contributed by atoms with Crippen LogP contribution in [0.2, 0.25) is 0 Å². The molecule has 4 N–H and O–H groups in total. The number of nitro benzene ring substituents is 1. The molecule has 0 aliphatic rings. The van der Waals surface area contributed by atoms with Crippen LogP contribution in [0, 0.1) is 17.0 Å². The van der Waals surface area contributed by atoms with Gasteiger partial charge in [-0.25, -0.2) is 0 Å². The summed E-state index contributed by atoms with van der Waals surface area (Å²) in [6.07, 6.45) is 0. The Morgan fingerprint density at radius 3 is 2.55 bits per heavy atom. The molecule has 2 aromatic heterocycles. The summed E-state index contributed by atoms with van der Waals surface area (Å²) in [6, 6.07) is 1.19. The molecule has 0 spiro atoms. The topological polar surface area (TPSA) is 161 Å². The van der Waals surface area contributed by atoms with Crippen LogP contribution in [0.1, 0.15) is 5.56 Å². The smallest absolute Gasteiger partial charge is 0.314 e. The Labute approximate surface area is 124 Å². The summed E-state index contributed by atoms with van der Waals surface area (Å²) < 4.78 is 0. The number of rotatable bonds is 2. The van der Waals surface area contributed by atoms with Gasteiger partial charge in [0.15, 0.2) is 5.01 Å². The second-order valence-corrected chi connectivity index (χ2v) is 5.44. The van der Waals surface area contributed by atoms with Crippen LogP contribution >= 0.6 is 11.3 Å². The van der Waals surface area contributed by atoms with E-state index < -0.39 is 16.0 Å². The van der Waals surface area contributed by atoms with Gasteiger partial charge in [0.1, 0.15) is 0 Å². The van der Waals surface area contributed by atoms with E-state index in [0.29, 0.717) is 10.6 Å². The molecule has 0 bridgehead atoms. The minimum atomic E-state index is -0.895. The maximum atomic E-state index is 11.6. The number of nitrogens with one attached hydrogen (secondary N) is 2. The van der Waals surface area contributed by atoms with Crippen LogP contribution in [0.5, 0.6) is 0 Å². The molecule has 3 rings (SSSR count). The maximum absolute atomic E-state index is 11.6. The van der Waals surface area contributed by atoms with Crippen molar-refractivity contribution in [3.8, 4) is 10.6 Å². The fraction of sp³-hybridized carbons (Fsp3) is 0.0909. The molecule has 0 fully saturated rings. The number of fused-ring (bicyclic) bond motifs is 1. The standard InChI is InChI=1S/C11H8N6O4S/c1-3-5(17(20)21)2-4-7(14-9(19)8(18)13-4)6(3)10-15-16-11(12)22-10/h2H,1H3,(H2,12,16)(H,13,18)(H,14,19). The predicted molar refractivity (Wildman–Crippen MR) is 79.9 cm³/mol. The lowest BCUT2D eigenvalue weighted by atomic mass is 10.0. The van der Waals surface area contributed by atoms with E-state index >= 15 is 0 Å². The largest absolute Gasteiger partial charge is 0.374 e. The molecule has 0 saturated carbocycles. The Balaban J connectivity index is 2.53. The molecular formula is C11H8N6O4S. The van der Waals surface area contributed by atoms with Gasteiger partial charge in [-0.1, -0.05) is 11.3 Å². The number of hydrogen-bond acceptors (Lipinski definition) is 8. The zero-order valence-electron chi connectivity index (χ0n) is 11.0. The molecule has 2 heterocycles. The van der Waals surface area contributed by atoms with E-state index in [1.807, 2.05) is 0 Å². The predicted octanol–water partition coefficient (Wildman–Crippen LogP) is 0.534. The van der Waals surface area contributed by atoms with E-state index in [1.165, 1.54) is 13.0 Å². The lowest BCUT2D eigenvalue weighted by Gasteiger charge is -2.07. The molecule has 10 nitrogen and oxygen atoms in total. The van der Waals surface area contributed by atoms with Crippen molar-refractivity contribution in [2.75, 3.05) is 5.73 Å². The van der Waals surface area contributed by atoms with Crippen molar-refractivity contribution in [1.29, 1.82) is 0 Å². The van der Waals surface area contributed by atoms with E-state index in [-0.39, 0.29) is 27.4 Å². The van der Waals surface area contributed by atoms with Gasteiger partial charge in [-0.05, 0) is 6.92 Å². The molecule has 112 valence electrons. The fourth-order valence-corrected chi connectivity index (χ4v) is 2.86. The Kier molecular flexibility index (Phi) is 2.99. The monoisotopic (exact) mass is 320 g/mol. The van der Waals surface area contributed by atoms with Crippen LogP contribution < -0.4 is 16.9 Å². The molecule has 1 aromatic carbocycles. The van der Waals surface area contributed by atoms with Crippen molar-refractivity contribution in [2.45, 2.75) is 6.92 Å². The van der Waals surface area contributed by atoms with Crippen LogP contribution in [-0.4, -0.2) is 25.1 Å². The number of aromatic nitrogens is 4. The van der Waals surface area contributed by atoms with Crippen molar-refractivity contribution >= 4 is 33.2 Å². The van der Waals surface area contributed by atoms with Crippen molar-refractivity contribution < 1.29 is 4.92 Å². The Hall–Kier alpha value is -3.08. The third-order valence-electron chi connectivity index (χ3n) is 3.10. The number of nitro groups is 1. The van der Waals surface area contributed by atoms with Crippen LogP contribution in [0.3, 0.4) is 0 Å². The summed E-state index contributed by atoms with van der Waals surface area (Å²) in [7, 11) is 0. The highest BCUT2D eigenvalue weighted by Crippen LogP contribution is 2.36. The van der Waals surface area contributed by atoms with Gasteiger partial charge in [0.2, 0.25) is 5.13 Å². The van der Waals surface area contributed by atoms with Gasteiger partial charge in [-0.15, -0.1) is 10.2 Å². The number of anilines is 1. The maximum Gasteiger partial charge on any atom is 0.314 e. The number of nitrogens with two attached hydrogens (primary N) is 1. The normalized spacial score (nSPS) is 11.0. The lowest BCUT2D eigenvalue weighted by molar-refractivity contribution is -0.385. The molecule has 0 amide bonds. The Morgan fingerprint density at radius 2 is 1.95 bits per heavy atom. The summed E-state index contributed by atoms with van der Waals surface area (Å²) in [5.41, 5.74) is 4.55. The minimum Gasteiger partial charge on any atom is -0.374 e. The van der Waals surface area contributed by atoms with Crippen LogP contribution in [0.25, 0.3) is 21.6 Å². The Bertz CT molecular complexity index is 1030. The van der Waals surface area contributed by atoms with Crippen molar-refractivity contribution in [2.24, 2.45) is 0 Å². The van der Waals surface area contributed by atoms with Gasteiger partial charge in [0.25, 0.3) is 5.69 Å². The van der Waals surface area contributed by atoms with Crippen molar-refractivity contribution in [1.82, 2.24) is 20.2 Å². The van der Waals surface area contributed by atoms with E-state index in [4.69, 9.17) is 5.73 Å². The van der Waals surface area contributed by atoms with Crippen LogP contribution in [-0.2, 0) is 0 Å². The zero-order chi connectivity index (χ0) is 16.0. The van der Waals surface area contributed by atoms with Crippen molar-refractivity contribution in [3.63, 3.8) is 0 Å². The average Bonchev–Trinajstić information content (AvgIpc) is 2.86. The summed E-state index contributed by atoms with van der Waals surface area (Å²) >= 11 is 1.02. The number of benzene rings is 1. The van der Waals surface area contributed by atoms with Gasteiger partial charge in [0.05, 0.1) is 16.0 Å². The number of hydrogen-bond donors (Lipinski definition) is 3. The van der Waals surface area contributed by atoms with E-state index in [2.05, 4.69) is 20.2 Å². The lowest BCUT2D eigenvalue weighted by Crippen LogP contribution is -2.29. The molecule has 0 atom stereocenters. The fourth-order valence-electron chi connectivity index (χ4n) is 2.14. The van der Waals surface area contributed by atoms with E-state index in [9.17, 15) is 19.7 Å².